The van der Waals surface area contributed by atoms with Crippen molar-refractivity contribution in [3.63, 3.8) is 0 Å². The lowest BCUT2D eigenvalue weighted by Gasteiger charge is -2.42. The number of carbonyl (C=O) groups excluding carboxylic acids is 1. The summed E-state index contributed by atoms with van der Waals surface area (Å²) >= 11 is 1.08. The van der Waals surface area contributed by atoms with E-state index >= 15 is 13.2 Å². The van der Waals surface area contributed by atoms with Crippen LogP contribution in [0.1, 0.15) is 70.2 Å². The monoisotopic (exact) mass is 757 g/mol. The van der Waals surface area contributed by atoms with Gasteiger partial charge in [-0.15, -0.1) is 11.3 Å². The number of rotatable bonds is 4. The van der Waals surface area contributed by atoms with E-state index in [0.29, 0.717) is 57.8 Å². The molecule has 1 unspecified atom stereocenters. The number of hydrogen-bond acceptors (Lipinski definition) is 11. The fourth-order valence-electron chi connectivity index (χ4n) is 7.90. The summed E-state index contributed by atoms with van der Waals surface area (Å²) in [4.78, 5) is 30.9. The van der Waals surface area contributed by atoms with Gasteiger partial charge >= 0.3 is 12.3 Å². The molecule has 5 aromatic rings. The predicted octanol–water partition coefficient (Wildman–Crippen LogP) is 7.27. The SMILES string of the molecule is Cc1cc2c(cnn2C2CCCCO2)c(-c2nccc3c2sc2nc(S(C)(=O)=O)nc(N4C[C@H]5CC[C@@H](C4)N5C(=O)OC(C)(C)C)c23)c1C(F)(F)F. The number of fused-ring (bicyclic) bond motifs is 6. The van der Waals surface area contributed by atoms with Crippen molar-refractivity contribution < 1.29 is 35.9 Å². The number of amides is 1. The molecule has 52 heavy (non-hydrogen) atoms. The first-order chi connectivity index (χ1) is 24.5. The number of thiophene rings is 1. The van der Waals surface area contributed by atoms with Gasteiger partial charge in [-0.2, -0.15) is 18.3 Å². The second-order valence-corrected chi connectivity index (χ2v) is 17.8. The Balaban J connectivity index is 1.32. The predicted molar refractivity (Wildman–Crippen MR) is 190 cm³/mol. The number of halogens is 3. The highest BCUT2D eigenvalue weighted by Gasteiger charge is 2.45. The zero-order valence-corrected chi connectivity index (χ0v) is 31.0. The second kappa shape index (κ2) is 12.2. The van der Waals surface area contributed by atoms with E-state index in [1.54, 1.807) is 15.6 Å². The number of anilines is 1. The maximum absolute atomic E-state index is 15.0. The molecule has 7 heterocycles. The molecule has 1 aromatic carbocycles. The molecule has 0 radical (unpaired) electrons. The van der Waals surface area contributed by atoms with Crippen molar-refractivity contribution in [1.29, 1.82) is 0 Å². The van der Waals surface area contributed by atoms with Crippen LogP contribution in [0.2, 0.25) is 0 Å². The topological polar surface area (TPSA) is 133 Å². The Morgan fingerprint density at radius 2 is 1.79 bits per heavy atom. The molecular weight excluding hydrogens is 720 g/mol. The number of aryl methyl sites for hydroxylation is 1. The van der Waals surface area contributed by atoms with Gasteiger partial charge in [-0.1, -0.05) is 0 Å². The van der Waals surface area contributed by atoms with Crippen LogP contribution < -0.4 is 4.90 Å². The molecule has 8 rings (SSSR count). The van der Waals surface area contributed by atoms with Crippen LogP contribution >= 0.6 is 11.3 Å². The van der Waals surface area contributed by atoms with Crippen LogP contribution in [0.5, 0.6) is 0 Å². The number of nitrogens with zero attached hydrogens (tertiary/aromatic N) is 7. The second-order valence-electron chi connectivity index (χ2n) is 14.9. The van der Waals surface area contributed by atoms with E-state index in [4.69, 9.17) is 9.47 Å². The van der Waals surface area contributed by atoms with Crippen molar-refractivity contribution >= 4 is 64.3 Å². The van der Waals surface area contributed by atoms with Gasteiger partial charge in [0, 0.05) is 48.5 Å². The van der Waals surface area contributed by atoms with E-state index in [1.807, 2.05) is 25.7 Å². The first kappa shape index (κ1) is 35.0. The van der Waals surface area contributed by atoms with Crippen molar-refractivity contribution in [2.45, 2.75) is 95.0 Å². The van der Waals surface area contributed by atoms with Crippen LogP contribution in [0.15, 0.2) is 29.7 Å². The van der Waals surface area contributed by atoms with Crippen LogP contribution in [-0.4, -0.2) is 87.8 Å². The summed E-state index contributed by atoms with van der Waals surface area (Å²) in [6, 6.07) is 2.80. The number of pyridine rings is 1. The Morgan fingerprint density at radius 1 is 1.06 bits per heavy atom. The third-order valence-electron chi connectivity index (χ3n) is 9.98. The maximum atomic E-state index is 15.0. The number of piperazine rings is 1. The summed E-state index contributed by atoms with van der Waals surface area (Å²) in [7, 11) is -3.89. The molecule has 2 bridgehead atoms. The molecule has 17 heteroatoms. The van der Waals surface area contributed by atoms with Gasteiger partial charge < -0.3 is 14.4 Å². The van der Waals surface area contributed by atoms with E-state index in [1.165, 1.54) is 25.4 Å². The van der Waals surface area contributed by atoms with Crippen molar-refractivity contribution in [2.24, 2.45) is 0 Å². The highest BCUT2D eigenvalue weighted by atomic mass is 32.2. The lowest BCUT2D eigenvalue weighted by Crippen LogP contribution is -2.57. The summed E-state index contributed by atoms with van der Waals surface area (Å²) in [5, 5.41) is 5.49. The molecule has 0 saturated carbocycles. The third-order valence-corrected chi connectivity index (χ3v) is 11.9. The van der Waals surface area contributed by atoms with Gasteiger partial charge in [0.1, 0.15) is 16.2 Å². The normalized spacial score (nSPS) is 21.5. The van der Waals surface area contributed by atoms with Crippen LogP contribution in [0.4, 0.5) is 23.8 Å². The van der Waals surface area contributed by atoms with Gasteiger partial charge in [0.25, 0.3) is 0 Å². The molecule has 276 valence electrons. The Labute approximate surface area is 301 Å². The molecule has 0 spiro atoms. The van der Waals surface area contributed by atoms with Crippen LogP contribution in [0, 0.1) is 6.92 Å². The summed E-state index contributed by atoms with van der Waals surface area (Å²) < 4.78 is 84.7. The molecule has 3 saturated heterocycles. The first-order valence-electron chi connectivity index (χ1n) is 17.2. The van der Waals surface area contributed by atoms with Crippen molar-refractivity contribution in [3.05, 3.63) is 35.7 Å². The lowest BCUT2D eigenvalue weighted by molar-refractivity contribution is -0.137. The number of benzene rings is 1. The van der Waals surface area contributed by atoms with Crippen LogP contribution in [-0.2, 0) is 25.5 Å². The van der Waals surface area contributed by atoms with Gasteiger partial charge in [0.15, 0.2) is 6.23 Å². The zero-order chi connectivity index (χ0) is 36.9. The van der Waals surface area contributed by atoms with Crippen LogP contribution in [0.25, 0.3) is 42.5 Å². The summed E-state index contributed by atoms with van der Waals surface area (Å²) in [6.45, 7) is 8.14. The summed E-state index contributed by atoms with van der Waals surface area (Å²) in [5.74, 6) is 0.349. The first-order valence-corrected chi connectivity index (χ1v) is 20.0. The van der Waals surface area contributed by atoms with Gasteiger partial charge in [-0.25, -0.2) is 27.9 Å². The summed E-state index contributed by atoms with van der Waals surface area (Å²) in [6.07, 6.45) is 2.38. The number of aromatic nitrogens is 5. The van der Waals surface area contributed by atoms with E-state index in [-0.39, 0.29) is 39.4 Å². The van der Waals surface area contributed by atoms with Crippen molar-refractivity contribution in [2.75, 3.05) is 30.9 Å². The molecule has 4 aromatic heterocycles. The lowest BCUT2D eigenvalue weighted by atomic mass is 9.94. The molecule has 3 aliphatic heterocycles. The fourth-order valence-corrected chi connectivity index (χ4v) is 9.63. The highest BCUT2D eigenvalue weighted by molar-refractivity contribution is 7.90. The third kappa shape index (κ3) is 5.93. The molecule has 3 fully saturated rings. The number of carbonyl (C=O) groups is 1. The molecular formula is C35H38F3N7O5S2. The van der Waals surface area contributed by atoms with Gasteiger partial charge in [0.2, 0.25) is 15.0 Å². The van der Waals surface area contributed by atoms with Crippen molar-refractivity contribution in [1.82, 2.24) is 29.6 Å². The largest absolute Gasteiger partial charge is 0.444 e. The minimum atomic E-state index is -4.72. The standard InChI is InChI=1S/C35H38F3N7O5S2/c1-18-14-23-22(15-40-45(23)24-8-6-7-13-49-24)25(27(18)35(36,37)38)28-29-21(11-12-39-28)26-30(41-32(52(5,47)48)42-31(26)51-29)43-16-19-9-10-20(17-43)44(19)33(46)50-34(2,3)4/h11-12,14-15,19-20,24H,6-10,13,16-17H2,1-5H3/t19-,20+,24?. The molecule has 12 nitrogen and oxygen atoms in total. The average molecular weight is 758 g/mol. The van der Waals surface area contributed by atoms with E-state index in [9.17, 15) is 13.2 Å². The van der Waals surface area contributed by atoms with Crippen molar-refractivity contribution in [3.8, 4) is 11.3 Å². The molecule has 3 aliphatic rings. The fraction of sp³-hybridized carbons (Fsp3) is 0.514. The number of hydrogen-bond donors (Lipinski definition) is 0. The zero-order valence-electron chi connectivity index (χ0n) is 29.3. The number of alkyl halides is 3. The van der Waals surface area contributed by atoms with Gasteiger partial charge in [-0.05, 0) is 77.5 Å². The Bertz CT molecular complexity index is 2350. The van der Waals surface area contributed by atoms with Gasteiger partial charge in [0.05, 0.1) is 45.1 Å². The minimum Gasteiger partial charge on any atom is -0.444 e. The Morgan fingerprint density at radius 3 is 2.42 bits per heavy atom. The highest BCUT2D eigenvalue weighted by Crippen LogP contribution is 2.49. The van der Waals surface area contributed by atoms with E-state index in [0.717, 1.165) is 43.3 Å². The van der Waals surface area contributed by atoms with Gasteiger partial charge in [-0.3, -0.25) is 9.88 Å². The number of ether oxygens (including phenoxy) is 2. The quantitative estimate of drug-likeness (QED) is 0.172. The molecule has 3 atom stereocenters. The molecule has 0 aliphatic carbocycles. The summed E-state index contributed by atoms with van der Waals surface area (Å²) in [5.41, 5.74) is -0.985. The van der Waals surface area contributed by atoms with E-state index < -0.39 is 39.5 Å². The van der Waals surface area contributed by atoms with Crippen LogP contribution in [0.3, 0.4) is 0 Å². The average Bonchev–Trinajstić information content (AvgIpc) is 3.73. The smallest absolute Gasteiger partial charge is 0.417 e. The Hall–Kier alpha value is -4.09. The maximum Gasteiger partial charge on any atom is 0.417 e. The molecule has 1 amide bonds. The molecule has 0 N–H and O–H groups in total. The number of sulfone groups is 1. The minimum absolute atomic E-state index is 0.0191. The van der Waals surface area contributed by atoms with E-state index in [2.05, 4.69) is 20.1 Å². The Kier molecular flexibility index (Phi) is 8.22.